The zero-order valence-corrected chi connectivity index (χ0v) is 12.3. The van der Waals surface area contributed by atoms with Crippen molar-refractivity contribution in [2.24, 2.45) is 0 Å². The van der Waals surface area contributed by atoms with Crippen LogP contribution in [0.3, 0.4) is 0 Å². The molecule has 0 bridgehead atoms. The third-order valence-corrected chi connectivity index (χ3v) is 4.22. The molecule has 106 valence electrons. The summed E-state index contributed by atoms with van der Waals surface area (Å²) in [6, 6.07) is 9.39. The number of anilines is 1. The lowest BCUT2D eigenvalue weighted by molar-refractivity contribution is 0.0955. The molecule has 0 aliphatic heterocycles. The largest absolute Gasteiger partial charge is 0.397 e. The van der Waals surface area contributed by atoms with Gasteiger partial charge in [-0.15, -0.1) is 11.3 Å². The number of rotatable bonds is 3. The van der Waals surface area contributed by atoms with Gasteiger partial charge in [-0.2, -0.15) is 0 Å². The molecule has 3 N–H and O–H groups in total. The van der Waals surface area contributed by atoms with Crippen molar-refractivity contribution in [1.82, 2.24) is 15.3 Å². The molecule has 0 atom stereocenters. The summed E-state index contributed by atoms with van der Waals surface area (Å²) in [6.07, 6.45) is 1.69. The lowest BCUT2D eigenvalue weighted by atomic mass is 10.2. The Balaban J connectivity index is 1.79. The highest BCUT2D eigenvalue weighted by Gasteiger charge is 2.16. The first-order valence-electron chi connectivity index (χ1n) is 6.49. The Hall–Kier alpha value is -2.47. The lowest BCUT2D eigenvalue weighted by Crippen LogP contribution is -2.23. The summed E-state index contributed by atoms with van der Waals surface area (Å²) < 4.78 is 0. The van der Waals surface area contributed by atoms with Crippen LogP contribution in [0, 0.1) is 6.92 Å². The molecular formula is C15H14N4OS. The van der Waals surface area contributed by atoms with E-state index in [4.69, 9.17) is 5.73 Å². The van der Waals surface area contributed by atoms with Gasteiger partial charge in [0.2, 0.25) is 0 Å². The maximum atomic E-state index is 12.3. The standard InChI is InChI=1S/C15H14N4OS/c1-9-4-2-5-10(19-9)8-18-14(20)13-12(16)11-6-3-7-17-15(11)21-13/h2-7H,8,16H2,1H3,(H,18,20). The number of hydrogen-bond acceptors (Lipinski definition) is 5. The maximum Gasteiger partial charge on any atom is 0.263 e. The number of aromatic nitrogens is 2. The van der Waals surface area contributed by atoms with Crippen LogP contribution >= 0.6 is 11.3 Å². The Morgan fingerprint density at radius 1 is 1.33 bits per heavy atom. The maximum absolute atomic E-state index is 12.3. The van der Waals surface area contributed by atoms with Gasteiger partial charge in [-0.3, -0.25) is 9.78 Å². The van der Waals surface area contributed by atoms with E-state index in [1.807, 2.05) is 37.3 Å². The van der Waals surface area contributed by atoms with E-state index in [1.165, 1.54) is 11.3 Å². The first-order valence-corrected chi connectivity index (χ1v) is 7.30. The normalized spacial score (nSPS) is 10.7. The van der Waals surface area contributed by atoms with Crippen LogP contribution in [0.1, 0.15) is 21.1 Å². The number of amides is 1. The number of hydrogen-bond donors (Lipinski definition) is 2. The van der Waals surface area contributed by atoms with Crippen molar-refractivity contribution in [3.63, 3.8) is 0 Å². The fraction of sp³-hybridized carbons (Fsp3) is 0.133. The van der Waals surface area contributed by atoms with Crippen LogP contribution in [0.4, 0.5) is 5.69 Å². The Kier molecular flexibility index (Phi) is 3.53. The fourth-order valence-electron chi connectivity index (χ4n) is 2.07. The zero-order valence-electron chi connectivity index (χ0n) is 11.5. The van der Waals surface area contributed by atoms with Crippen molar-refractivity contribution < 1.29 is 4.79 Å². The van der Waals surface area contributed by atoms with E-state index < -0.39 is 0 Å². The molecule has 0 saturated heterocycles. The average Bonchev–Trinajstić information content (AvgIpc) is 2.83. The topological polar surface area (TPSA) is 80.9 Å². The first-order chi connectivity index (χ1) is 10.1. The van der Waals surface area contributed by atoms with Crippen molar-refractivity contribution in [2.45, 2.75) is 13.5 Å². The number of aryl methyl sites for hydroxylation is 1. The summed E-state index contributed by atoms with van der Waals surface area (Å²) in [5.41, 5.74) is 8.25. The van der Waals surface area contributed by atoms with E-state index in [1.54, 1.807) is 6.20 Å². The Labute approximate surface area is 125 Å². The molecule has 0 fully saturated rings. The lowest BCUT2D eigenvalue weighted by Gasteiger charge is -2.04. The van der Waals surface area contributed by atoms with Crippen LogP contribution in [0.2, 0.25) is 0 Å². The number of nitrogen functional groups attached to an aromatic ring is 1. The molecule has 0 spiro atoms. The third-order valence-electron chi connectivity index (χ3n) is 3.09. The van der Waals surface area contributed by atoms with Crippen LogP contribution in [-0.2, 0) is 6.54 Å². The molecule has 0 aromatic carbocycles. The van der Waals surface area contributed by atoms with E-state index in [9.17, 15) is 4.79 Å². The van der Waals surface area contributed by atoms with Gasteiger partial charge < -0.3 is 11.1 Å². The second-order valence-corrected chi connectivity index (χ2v) is 5.65. The van der Waals surface area contributed by atoms with Gasteiger partial charge in [0.05, 0.1) is 17.9 Å². The van der Waals surface area contributed by atoms with Crippen LogP contribution < -0.4 is 11.1 Å². The number of nitrogens with zero attached hydrogens (tertiary/aromatic N) is 2. The van der Waals surface area contributed by atoms with E-state index in [0.29, 0.717) is 17.1 Å². The molecular weight excluding hydrogens is 284 g/mol. The molecule has 1 amide bonds. The summed E-state index contributed by atoms with van der Waals surface area (Å²) in [6.45, 7) is 2.29. The monoisotopic (exact) mass is 298 g/mol. The van der Waals surface area contributed by atoms with Gasteiger partial charge in [0.15, 0.2) is 0 Å². The summed E-state index contributed by atoms with van der Waals surface area (Å²) in [7, 11) is 0. The minimum Gasteiger partial charge on any atom is -0.397 e. The fourth-order valence-corrected chi connectivity index (χ4v) is 3.05. The van der Waals surface area contributed by atoms with Gasteiger partial charge in [-0.1, -0.05) is 6.07 Å². The number of carbonyl (C=O) groups excluding carboxylic acids is 1. The highest BCUT2D eigenvalue weighted by Crippen LogP contribution is 2.31. The van der Waals surface area contributed by atoms with Crippen molar-refractivity contribution >= 4 is 33.1 Å². The molecule has 3 heterocycles. The van der Waals surface area contributed by atoms with E-state index in [0.717, 1.165) is 21.6 Å². The first kappa shape index (κ1) is 13.5. The van der Waals surface area contributed by atoms with Crippen molar-refractivity contribution in [3.8, 4) is 0 Å². The van der Waals surface area contributed by atoms with E-state index in [2.05, 4.69) is 15.3 Å². The Bertz CT molecular complexity index is 812. The van der Waals surface area contributed by atoms with Gasteiger partial charge in [0.25, 0.3) is 5.91 Å². The van der Waals surface area contributed by atoms with Gasteiger partial charge in [0, 0.05) is 17.3 Å². The smallest absolute Gasteiger partial charge is 0.263 e. The number of carbonyl (C=O) groups is 1. The SMILES string of the molecule is Cc1cccc(CNC(=O)c2sc3ncccc3c2N)n1. The molecule has 3 rings (SSSR count). The molecule has 0 aliphatic carbocycles. The molecule has 0 saturated carbocycles. The quantitative estimate of drug-likeness (QED) is 0.778. The third kappa shape index (κ3) is 2.71. The molecule has 3 aromatic rings. The van der Waals surface area contributed by atoms with Crippen LogP contribution in [0.5, 0.6) is 0 Å². The summed E-state index contributed by atoms with van der Waals surface area (Å²) in [5, 5.41) is 3.67. The van der Waals surface area contributed by atoms with Gasteiger partial charge in [-0.25, -0.2) is 4.98 Å². The highest BCUT2D eigenvalue weighted by molar-refractivity contribution is 7.21. The molecule has 3 aromatic heterocycles. The van der Waals surface area contributed by atoms with Gasteiger partial charge >= 0.3 is 0 Å². The highest BCUT2D eigenvalue weighted by atomic mass is 32.1. The van der Waals surface area contributed by atoms with Crippen molar-refractivity contribution in [3.05, 3.63) is 52.8 Å². The average molecular weight is 298 g/mol. The van der Waals surface area contributed by atoms with E-state index in [-0.39, 0.29) is 5.91 Å². The minimum absolute atomic E-state index is 0.196. The number of fused-ring (bicyclic) bond motifs is 1. The number of pyridine rings is 2. The summed E-state index contributed by atoms with van der Waals surface area (Å²) in [4.78, 5) is 22.1. The molecule has 0 radical (unpaired) electrons. The number of thiophene rings is 1. The molecule has 0 aliphatic rings. The predicted molar refractivity (Wildman–Crippen MR) is 84.2 cm³/mol. The Morgan fingerprint density at radius 3 is 2.95 bits per heavy atom. The number of nitrogens with one attached hydrogen (secondary N) is 1. The molecule has 6 heteroatoms. The van der Waals surface area contributed by atoms with Crippen LogP contribution in [0.25, 0.3) is 10.2 Å². The minimum atomic E-state index is -0.196. The predicted octanol–water partition coefficient (Wildman–Crippen LogP) is 2.51. The van der Waals surface area contributed by atoms with Gasteiger partial charge in [0.1, 0.15) is 9.71 Å². The van der Waals surface area contributed by atoms with Crippen molar-refractivity contribution in [2.75, 3.05) is 5.73 Å². The summed E-state index contributed by atoms with van der Waals surface area (Å²) >= 11 is 1.30. The van der Waals surface area contributed by atoms with Crippen LogP contribution in [-0.4, -0.2) is 15.9 Å². The molecule has 5 nitrogen and oxygen atoms in total. The molecule has 0 unspecified atom stereocenters. The Morgan fingerprint density at radius 2 is 2.19 bits per heavy atom. The molecule has 21 heavy (non-hydrogen) atoms. The van der Waals surface area contributed by atoms with Gasteiger partial charge in [-0.05, 0) is 31.2 Å². The number of nitrogens with two attached hydrogens (primary N) is 1. The van der Waals surface area contributed by atoms with Crippen LogP contribution in [0.15, 0.2) is 36.5 Å². The summed E-state index contributed by atoms with van der Waals surface area (Å²) in [5.74, 6) is -0.196. The zero-order chi connectivity index (χ0) is 14.8. The second-order valence-electron chi connectivity index (χ2n) is 4.65. The van der Waals surface area contributed by atoms with Crippen molar-refractivity contribution in [1.29, 1.82) is 0 Å². The van der Waals surface area contributed by atoms with E-state index >= 15 is 0 Å². The second kappa shape index (κ2) is 5.49.